The van der Waals surface area contributed by atoms with E-state index < -0.39 is 0 Å². The molecule has 0 aliphatic rings. The van der Waals surface area contributed by atoms with E-state index in [4.69, 9.17) is 10.8 Å². The quantitative estimate of drug-likeness (QED) is 0.263. The van der Waals surface area contributed by atoms with Crippen LogP contribution in [0.5, 0.6) is 0 Å². The van der Waals surface area contributed by atoms with Gasteiger partial charge in [-0.15, -0.1) is 0 Å². The van der Waals surface area contributed by atoms with Crippen molar-refractivity contribution in [1.29, 1.82) is 0 Å². The van der Waals surface area contributed by atoms with Gasteiger partial charge in [0.05, 0.1) is 31.3 Å². The number of rotatable bonds is 8. The van der Waals surface area contributed by atoms with Crippen LogP contribution in [0, 0.1) is 0 Å². The molecule has 0 atom stereocenters. The summed E-state index contributed by atoms with van der Waals surface area (Å²) in [6.07, 6.45) is 2.99. The largest absolute Gasteiger partial charge is 0.394 e. The van der Waals surface area contributed by atoms with Crippen molar-refractivity contribution in [3.63, 3.8) is 0 Å². The molecule has 148 valence electrons. The van der Waals surface area contributed by atoms with E-state index in [1.165, 1.54) is 6.21 Å². The van der Waals surface area contributed by atoms with E-state index in [1.54, 1.807) is 24.4 Å². The zero-order valence-electron chi connectivity index (χ0n) is 15.7. The first-order valence-corrected chi connectivity index (χ1v) is 9.09. The first kappa shape index (κ1) is 20.0. The van der Waals surface area contributed by atoms with Crippen LogP contribution in [0.15, 0.2) is 65.9 Å². The Morgan fingerprint density at radius 3 is 2.79 bits per heavy atom. The molecule has 0 aliphatic carbocycles. The lowest BCUT2D eigenvalue weighted by atomic mass is 10.1. The summed E-state index contributed by atoms with van der Waals surface area (Å²) in [5, 5.41) is 15.6. The van der Waals surface area contributed by atoms with Crippen molar-refractivity contribution in [3.8, 4) is 11.3 Å². The van der Waals surface area contributed by atoms with Crippen molar-refractivity contribution >= 4 is 17.9 Å². The van der Waals surface area contributed by atoms with Gasteiger partial charge in [0.15, 0.2) is 5.82 Å². The van der Waals surface area contributed by atoms with E-state index in [2.05, 4.69) is 25.8 Å². The lowest BCUT2D eigenvalue weighted by molar-refractivity contribution is 0.0951. The first-order valence-electron chi connectivity index (χ1n) is 9.09. The summed E-state index contributed by atoms with van der Waals surface area (Å²) in [5.41, 5.74) is 11.8. The van der Waals surface area contributed by atoms with E-state index in [9.17, 15) is 4.79 Å². The number of nitrogens with one attached hydrogen (secondary N) is 2. The number of nitrogen functional groups attached to an aromatic ring is 1. The fourth-order valence-electron chi connectivity index (χ4n) is 2.57. The highest BCUT2D eigenvalue weighted by atomic mass is 16.3. The molecule has 3 rings (SSSR count). The van der Waals surface area contributed by atoms with Crippen molar-refractivity contribution < 1.29 is 9.90 Å². The lowest BCUT2D eigenvalue weighted by Crippen LogP contribution is -2.22. The number of nitrogens with zero attached hydrogens (tertiary/aromatic N) is 3. The molecule has 3 aromatic rings. The summed E-state index contributed by atoms with van der Waals surface area (Å²) in [7, 11) is 0. The minimum atomic E-state index is -0.172. The molecule has 8 nitrogen and oxygen atoms in total. The third kappa shape index (κ3) is 5.60. The summed E-state index contributed by atoms with van der Waals surface area (Å²) in [5.74, 6) is 0.0640. The van der Waals surface area contributed by atoms with Crippen molar-refractivity contribution in [2.45, 2.75) is 6.54 Å². The maximum absolute atomic E-state index is 12.5. The SMILES string of the molecule is Nc1ncc(-c2cccc(C(=O)NCc3ccccc3)c2)nc1C=NNCCO. The predicted octanol–water partition coefficient (Wildman–Crippen LogP) is 1.57. The second kappa shape index (κ2) is 9.95. The topological polar surface area (TPSA) is 126 Å². The van der Waals surface area contributed by atoms with Crippen LogP contribution in [0.2, 0.25) is 0 Å². The van der Waals surface area contributed by atoms with Gasteiger partial charge < -0.3 is 21.6 Å². The molecule has 0 saturated heterocycles. The van der Waals surface area contributed by atoms with Gasteiger partial charge in [0, 0.05) is 17.7 Å². The van der Waals surface area contributed by atoms with Crippen LogP contribution in [0.1, 0.15) is 21.6 Å². The molecule has 1 aromatic heterocycles. The minimum Gasteiger partial charge on any atom is -0.394 e. The summed E-state index contributed by atoms with van der Waals surface area (Å²) < 4.78 is 0. The first-order chi connectivity index (χ1) is 14.2. The van der Waals surface area contributed by atoms with Gasteiger partial charge in [-0.3, -0.25) is 4.79 Å². The van der Waals surface area contributed by atoms with Crippen molar-refractivity contribution in [1.82, 2.24) is 20.7 Å². The molecule has 0 spiro atoms. The molecular weight excluding hydrogens is 368 g/mol. The van der Waals surface area contributed by atoms with Crippen molar-refractivity contribution in [2.24, 2.45) is 5.10 Å². The number of nitrogens with two attached hydrogens (primary N) is 1. The number of carbonyl (C=O) groups is 1. The number of aliphatic hydroxyl groups is 1. The monoisotopic (exact) mass is 390 g/mol. The maximum Gasteiger partial charge on any atom is 0.251 e. The number of aromatic nitrogens is 2. The van der Waals surface area contributed by atoms with Gasteiger partial charge in [-0.05, 0) is 17.7 Å². The number of amides is 1. The van der Waals surface area contributed by atoms with Gasteiger partial charge in [0.2, 0.25) is 0 Å². The second-order valence-electron chi connectivity index (χ2n) is 6.16. The molecule has 1 heterocycles. The van der Waals surface area contributed by atoms with Crippen LogP contribution in [0.4, 0.5) is 5.82 Å². The lowest BCUT2D eigenvalue weighted by Gasteiger charge is -2.08. The van der Waals surface area contributed by atoms with Crippen molar-refractivity contribution in [3.05, 3.63) is 77.6 Å². The molecular formula is C21H22N6O2. The van der Waals surface area contributed by atoms with Crippen LogP contribution >= 0.6 is 0 Å². The Morgan fingerprint density at radius 2 is 2.00 bits per heavy atom. The Morgan fingerprint density at radius 1 is 1.17 bits per heavy atom. The normalized spacial score (nSPS) is 10.8. The number of hydrogen-bond acceptors (Lipinski definition) is 7. The summed E-state index contributed by atoms with van der Waals surface area (Å²) in [4.78, 5) is 21.1. The Balaban J connectivity index is 1.74. The Kier molecular flexibility index (Phi) is 6.85. The van der Waals surface area contributed by atoms with Crippen LogP contribution < -0.4 is 16.5 Å². The van der Waals surface area contributed by atoms with Gasteiger partial charge >= 0.3 is 0 Å². The zero-order valence-corrected chi connectivity index (χ0v) is 15.7. The third-order valence-corrected chi connectivity index (χ3v) is 4.05. The van der Waals surface area contributed by atoms with E-state index >= 15 is 0 Å². The van der Waals surface area contributed by atoms with Crippen LogP contribution in [-0.2, 0) is 6.54 Å². The van der Waals surface area contributed by atoms with Gasteiger partial charge in [0.25, 0.3) is 5.91 Å². The maximum atomic E-state index is 12.5. The van der Waals surface area contributed by atoms with Crippen molar-refractivity contribution in [2.75, 3.05) is 18.9 Å². The molecule has 0 fully saturated rings. The fourth-order valence-corrected chi connectivity index (χ4v) is 2.57. The molecule has 0 radical (unpaired) electrons. The van der Waals surface area contributed by atoms with Crippen LogP contribution in [-0.4, -0.2) is 40.3 Å². The zero-order chi connectivity index (χ0) is 20.5. The fraction of sp³-hybridized carbons (Fsp3) is 0.143. The molecule has 0 saturated carbocycles. The summed E-state index contributed by atoms with van der Waals surface area (Å²) >= 11 is 0. The van der Waals surface area contributed by atoms with Crippen LogP contribution in [0.25, 0.3) is 11.3 Å². The standard InChI is InChI=1S/C21H22N6O2/c22-20-19(14-26-25-9-10-28)27-18(13-23-20)16-7-4-8-17(11-16)21(29)24-12-15-5-2-1-3-6-15/h1-8,11,13-14,25,28H,9-10,12H2,(H2,22,23)(H,24,29). The smallest absolute Gasteiger partial charge is 0.251 e. The second-order valence-corrected chi connectivity index (χ2v) is 6.16. The highest BCUT2D eigenvalue weighted by molar-refractivity contribution is 5.95. The Bertz CT molecular complexity index is 991. The molecule has 1 amide bonds. The predicted molar refractivity (Wildman–Crippen MR) is 112 cm³/mol. The summed E-state index contributed by atoms with van der Waals surface area (Å²) in [6.45, 7) is 0.744. The molecule has 2 aromatic carbocycles. The molecule has 0 unspecified atom stereocenters. The number of hydrazone groups is 1. The van der Waals surface area contributed by atoms with E-state index in [-0.39, 0.29) is 18.3 Å². The average Bonchev–Trinajstić information content (AvgIpc) is 2.77. The van der Waals surface area contributed by atoms with Crippen LogP contribution in [0.3, 0.4) is 0 Å². The average molecular weight is 390 g/mol. The van der Waals surface area contributed by atoms with Gasteiger partial charge in [0.1, 0.15) is 5.69 Å². The number of aliphatic hydroxyl groups excluding tert-OH is 1. The number of hydrogen-bond donors (Lipinski definition) is 4. The molecule has 5 N–H and O–H groups in total. The number of anilines is 1. The molecule has 0 bridgehead atoms. The third-order valence-electron chi connectivity index (χ3n) is 4.05. The van der Waals surface area contributed by atoms with E-state index in [0.29, 0.717) is 30.0 Å². The summed E-state index contributed by atoms with van der Waals surface area (Å²) in [6, 6.07) is 16.9. The van der Waals surface area contributed by atoms with Gasteiger partial charge in [-0.2, -0.15) is 5.10 Å². The highest BCUT2D eigenvalue weighted by Gasteiger charge is 2.10. The molecule has 0 aliphatic heterocycles. The number of benzene rings is 2. The minimum absolute atomic E-state index is 0.0301. The van der Waals surface area contributed by atoms with E-state index in [1.807, 2.05) is 36.4 Å². The van der Waals surface area contributed by atoms with Gasteiger partial charge in [-0.25, -0.2) is 9.97 Å². The van der Waals surface area contributed by atoms with E-state index in [0.717, 1.165) is 11.1 Å². The number of carbonyl (C=O) groups excluding carboxylic acids is 1. The Labute approximate surface area is 168 Å². The molecule has 29 heavy (non-hydrogen) atoms. The highest BCUT2D eigenvalue weighted by Crippen LogP contribution is 2.19. The Hall–Kier alpha value is -3.78. The molecule has 8 heteroatoms. The van der Waals surface area contributed by atoms with Gasteiger partial charge in [-0.1, -0.05) is 42.5 Å².